The summed E-state index contributed by atoms with van der Waals surface area (Å²) in [5.41, 5.74) is 7.90. The Morgan fingerprint density at radius 1 is 1.39 bits per heavy atom. The van der Waals surface area contributed by atoms with E-state index in [9.17, 15) is 8.42 Å². The summed E-state index contributed by atoms with van der Waals surface area (Å²) >= 11 is 5.04. The largest absolute Gasteiger partial charge is 0.389 e. The van der Waals surface area contributed by atoms with Crippen LogP contribution in [0.1, 0.15) is 24.0 Å². The number of hydrogen-bond donors (Lipinski definition) is 1. The van der Waals surface area contributed by atoms with E-state index in [-0.39, 0.29) is 10.7 Å². The smallest absolute Gasteiger partial charge is 0.235 e. The summed E-state index contributed by atoms with van der Waals surface area (Å²) in [6.07, 6.45) is 1.58. The number of rotatable bonds is 2. The van der Waals surface area contributed by atoms with E-state index < -0.39 is 10.0 Å². The van der Waals surface area contributed by atoms with E-state index in [4.69, 9.17) is 18.0 Å². The van der Waals surface area contributed by atoms with E-state index in [2.05, 4.69) is 0 Å². The maximum absolute atomic E-state index is 12.1. The second-order valence-electron chi connectivity index (χ2n) is 4.43. The van der Waals surface area contributed by atoms with Crippen LogP contribution in [0.15, 0.2) is 18.2 Å². The van der Waals surface area contributed by atoms with Crippen molar-refractivity contribution in [2.75, 3.05) is 16.6 Å². The van der Waals surface area contributed by atoms with Crippen LogP contribution in [0.3, 0.4) is 0 Å². The number of sulfonamides is 1. The van der Waals surface area contributed by atoms with Crippen molar-refractivity contribution >= 4 is 32.9 Å². The first kappa shape index (κ1) is 13.3. The minimum atomic E-state index is -3.23. The van der Waals surface area contributed by atoms with Gasteiger partial charge in [-0.25, -0.2) is 8.42 Å². The Morgan fingerprint density at radius 2 is 2.11 bits per heavy atom. The Morgan fingerprint density at radius 3 is 2.72 bits per heavy atom. The molecule has 1 saturated heterocycles. The lowest BCUT2D eigenvalue weighted by Crippen LogP contribution is -2.39. The normalized spacial score (nSPS) is 18.6. The lowest BCUT2D eigenvalue weighted by Gasteiger charge is -2.30. The summed E-state index contributed by atoms with van der Waals surface area (Å²) in [5, 5.41) is 0. The highest BCUT2D eigenvalue weighted by Gasteiger charge is 2.28. The molecule has 0 saturated carbocycles. The van der Waals surface area contributed by atoms with Crippen molar-refractivity contribution in [3.05, 3.63) is 29.3 Å². The van der Waals surface area contributed by atoms with Gasteiger partial charge in [0.2, 0.25) is 10.0 Å². The van der Waals surface area contributed by atoms with Crippen LogP contribution in [-0.2, 0) is 10.0 Å². The number of hydrogen-bond acceptors (Lipinski definition) is 3. The van der Waals surface area contributed by atoms with Crippen molar-refractivity contribution < 1.29 is 8.42 Å². The number of nitrogens with two attached hydrogens (primary N) is 1. The van der Waals surface area contributed by atoms with Crippen molar-refractivity contribution in [2.45, 2.75) is 19.8 Å². The third-order valence-corrected chi connectivity index (χ3v) is 5.17. The topological polar surface area (TPSA) is 63.4 Å². The Kier molecular flexibility index (Phi) is 3.59. The molecule has 1 aromatic rings. The van der Waals surface area contributed by atoms with Crippen molar-refractivity contribution in [1.29, 1.82) is 0 Å². The molecule has 0 aliphatic carbocycles. The highest BCUT2D eigenvalue weighted by Crippen LogP contribution is 2.29. The average molecular weight is 284 g/mol. The number of nitrogens with zero attached hydrogens (tertiary/aromatic N) is 1. The zero-order valence-electron chi connectivity index (χ0n) is 10.2. The summed E-state index contributed by atoms with van der Waals surface area (Å²) in [7, 11) is -3.23. The Labute approximate surface area is 113 Å². The zero-order chi connectivity index (χ0) is 13.3. The molecule has 0 aromatic heterocycles. The van der Waals surface area contributed by atoms with Gasteiger partial charge in [-0.1, -0.05) is 24.4 Å². The van der Waals surface area contributed by atoms with Gasteiger partial charge >= 0.3 is 0 Å². The Bertz CT molecular complexity index is 582. The van der Waals surface area contributed by atoms with E-state index in [1.165, 1.54) is 4.31 Å². The van der Waals surface area contributed by atoms with Gasteiger partial charge in [0.05, 0.1) is 11.4 Å². The van der Waals surface area contributed by atoms with Gasteiger partial charge < -0.3 is 5.73 Å². The van der Waals surface area contributed by atoms with Crippen LogP contribution < -0.4 is 10.0 Å². The van der Waals surface area contributed by atoms with Gasteiger partial charge in [0, 0.05) is 12.1 Å². The van der Waals surface area contributed by atoms with E-state index in [0.717, 1.165) is 12.0 Å². The number of aryl methyl sites for hydroxylation is 1. The first-order valence-corrected chi connectivity index (χ1v) is 7.85. The van der Waals surface area contributed by atoms with Crippen LogP contribution in [0.25, 0.3) is 0 Å². The molecule has 2 N–H and O–H groups in total. The van der Waals surface area contributed by atoms with Gasteiger partial charge in [-0.2, -0.15) is 0 Å². The molecular weight excluding hydrogens is 268 g/mol. The predicted molar refractivity (Wildman–Crippen MR) is 77.4 cm³/mol. The van der Waals surface area contributed by atoms with Gasteiger partial charge in [0.25, 0.3) is 0 Å². The fraction of sp³-hybridized carbons (Fsp3) is 0.417. The van der Waals surface area contributed by atoms with Crippen LogP contribution in [0, 0.1) is 6.92 Å². The van der Waals surface area contributed by atoms with Gasteiger partial charge in [-0.15, -0.1) is 0 Å². The molecule has 0 atom stereocenters. The second-order valence-corrected chi connectivity index (χ2v) is 6.88. The monoisotopic (exact) mass is 284 g/mol. The first-order valence-electron chi connectivity index (χ1n) is 5.83. The van der Waals surface area contributed by atoms with Gasteiger partial charge in [0.1, 0.15) is 4.99 Å². The van der Waals surface area contributed by atoms with Crippen molar-refractivity contribution in [3.63, 3.8) is 0 Å². The molecule has 98 valence electrons. The summed E-state index contributed by atoms with van der Waals surface area (Å²) in [4.78, 5) is 0.240. The highest BCUT2D eigenvalue weighted by molar-refractivity contribution is 7.92. The average Bonchev–Trinajstić information content (AvgIpc) is 2.27. The molecule has 0 spiro atoms. The molecule has 18 heavy (non-hydrogen) atoms. The van der Waals surface area contributed by atoms with Crippen LogP contribution in [-0.4, -0.2) is 25.7 Å². The fourth-order valence-electron chi connectivity index (χ4n) is 2.24. The third-order valence-electron chi connectivity index (χ3n) is 3.12. The first-order chi connectivity index (χ1) is 8.43. The lowest BCUT2D eigenvalue weighted by atomic mass is 10.1. The number of anilines is 1. The minimum absolute atomic E-state index is 0.192. The van der Waals surface area contributed by atoms with Gasteiger partial charge in [0.15, 0.2) is 0 Å². The standard InChI is InChI=1S/C12H16N2O2S2/c1-9-5-4-6-10(11(9)12(13)17)14-7-2-3-8-18(14,15)16/h4-6H,2-3,7-8H2,1H3,(H2,13,17). The highest BCUT2D eigenvalue weighted by atomic mass is 32.2. The maximum Gasteiger partial charge on any atom is 0.235 e. The molecule has 1 fully saturated rings. The molecule has 1 aromatic carbocycles. The summed E-state index contributed by atoms with van der Waals surface area (Å²) in [6.45, 7) is 2.38. The second kappa shape index (κ2) is 4.85. The quantitative estimate of drug-likeness (QED) is 0.837. The SMILES string of the molecule is Cc1cccc(N2CCCCS2(=O)=O)c1C(N)=S. The molecular formula is C12H16N2O2S2. The van der Waals surface area contributed by atoms with Crippen LogP contribution in [0.5, 0.6) is 0 Å². The minimum Gasteiger partial charge on any atom is -0.389 e. The molecule has 6 heteroatoms. The van der Waals surface area contributed by atoms with Gasteiger partial charge in [-0.05, 0) is 31.4 Å². The van der Waals surface area contributed by atoms with Gasteiger partial charge in [-0.3, -0.25) is 4.31 Å². The maximum atomic E-state index is 12.1. The molecule has 2 rings (SSSR count). The number of benzene rings is 1. The van der Waals surface area contributed by atoms with Crippen LogP contribution >= 0.6 is 12.2 Å². The van der Waals surface area contributed by atoms with Crippen LogP contribution in [0.2, 0.25) is 0 Å². The molecule has 1 aliphatic rings. The van der Waals surface area contributed by atoms with E-state index in [1.807, 2.05) is 19.1 Å². The Balaban J connectivity index is 2.57. The predicted octanol–water partition coefficient (Wildman–Crippen LogP) is 1.56. The third kappa shape index (κ3) is 2.35. The van der Waals surface area contributed by atoms with E-state index in [0.29, 0.717) is 24.2 Å². The number of thiocarbonyl (C=S) groups is 1. The molecule has 0 unspecified atom stereocenters. The molecule has 0 bridgehead atoms. The summed E-state index contributed by atoms with van der Waals surface area (Å²) in [5.74, 6) is 0.192. The summed E-state index contributed by atoms with van der Waals surface area (Å²) < 4.78 is 25.7. The molecule has 0 amide bonds. The molecule has 1 heterocycles. The molecule has 0 radical (unpaired) electrons. The summed E-state index contributed by atoms with van der Waals surface area (Å²) in [6, 6.07) is 5.48. The van der Waals surface area contributed by atoms with Crippen molar-refractivity contribution in [2.24, 2.45) is 5.73 Å². The zero-order valence-corrected chi connectivity index (χ0v) is 11.9. The lowest BCUT2D eigenvalue weighted by molar-refractivity contribution is 0.574. The van der Waals surface area contributed by atoms with Crippen molar-refractivity contribution in [3.8, 4) is 0 Å². The van der Waals surface area contributed by atoms with E-state index in [1.54, 1.807) is 6.07 Å². The Hall–Kier alpha value is -1.14. The fourth-order valence-corrected chi connectivity index (χ4v) is 4.15. The molecule has 1 aliphatic heterocycles. The van der Waals surface area contributed by atoms with Crippen molar-refractivity contribution in [1.82, 2.24) is 0 Å². The van der Waals surface area contributed by atoms with E-state index >= 15 is 0 Å². The van der Waals surface area contributed by atoms with Crippen LogP contribution in [0.4, 0.5) is 5.69 Å². The molecule has 4 nitrogen and oxygen atoms in total.